The molecule has 1 aliphatic rings. The van der Waals surface area contributed by atoms with Gasteiger partial charge in [-0.15, -0.1) is 0 Å². The van der Waals surface area contributed by atoms with Crippen LogP contribution in [0.2, 0.25) is 0 Å². The quantitative estimate of drug-likeness (QED) is 0.423. The molecular weight excluding hydrogens is 380 g/mol. The maximum Gasteiger partial charge on any atom is 0.331 e. The Bertz CT molecular complexity index is 1350. The van der Waals surface area contributed by atoms with Crippen LogP contribution >= 0.6 is 0 Å². The van der Waals surface area contributed by atoms with Crippen LogP contribution < -0.4 is 16.6 Å². The Kier molecular flexibility index (Phi) is 4.33. The number of fused-ring (bicyclic) bond motifs is 3. The van der Waals surface area contributed by atoms with Crippen molar-refractivity contribution in [1.29, 1.82) is 0 Å². The molecule has 0 spiro atoms. The van der Waals surface area contributed by atoms with Crippen LogP contribution in [0.5, 0.6) is 5.88 Å². The molecule has 0 saturated carbocycles. The van der Waals surface area contributed by atoms with Crippen LogP contribution in [0.15, 0.2) is 64.2 Å². The number of nitrogens with one attached hydrogen (secondary N) is 3. The van der Waals surface area contributed by atoms with Crippen LogP contribution in [0.25, 0.3) is 10.9 Å². The van der Waals surface area contributed by atoms with E-state index in [4.69, 9.17) is 0 Å². The predicted octanol–water partition coefficient (Wildman–Crippen LogP) is 2.57. The lowest BCUT2D eigenvalue weighted by Gasteiger charge is -2.26. The van der Waals surface area contributed by atoms with Gasteiger partial charge in [0.2, 0.25) is 5.88 Å². The zero-order valence-electron chi connectivity index (χ0n) is 16.5. The van der Waals surface area contributed by atoms with E-state index < -0.39 is 23.3 Å². The molecule has 152 valence electrons. The Morgan fingerprint density at radius 2 is 1.77 bits per heavy atom. The second-order valence-corrected chi connectivity index (χ2v) is 7.65. The summed E-state index contributed by atoms with van der Waals surface area (Å²) in [5.41, 5.74) is 2.74. The number of hydrogen-bond acceptors (Lipinski definition) is 4. The highest BCUT2D eigenvalue weighted by Crippen LogP contribution is 2.35. The molecule has 0 saturated heterocycles. The largest absolute Gasteiger partial charge is 0.494 e. The maximum absolute atomic E-state index is 12.8. The summed E-state index contributed by atoms with van der Waals surface area (Å²) in [5, 5.41) is 15.6. The van der Waals surface area contributed by atoms with Gasteiger partial charge in [-0.1, -0.05) is 48.5 Å². The van der Waals surface area contributed by atoms with Crippen LogP contribution in [0.3, 0.4) is 0 Å². The Morgan fingerprint density at radius 3 is 2.57 bits per heavy atom. The van der Waals surface area contributed by atoms with E-state index in [0.717, 1.165) is 34.1 Å². The first-order chi connectivity index (χ1) is 14.6. The van der Waals surface area contributed by atoms with Crippen molar-refractivity contribution < 1.29 is 5.11 Å². The molecule has 0 bridgehead atoms. The van der Waals surface area contributed by atoms with Gasteiger partial charge in [-0.3, -0.25) is 14.3 Å². The van der Waals surface area contributed by atoms with Gasteiger partial charge in [-0.25, -0.2) is 4.79 Å². The fourth-order valence-corrected chi connectivity index (χ4v) is 4.48. The molecule has 2 aromatic carbocycles. The third-order valence-corrected chi connectivity index (χ3v) is 5.97. The van der Waals surface area contributed by atoms with Crippen molar-refractivity contribution >= 4 is 10.9 Å². The number of para-hydroxylation sites is 1. The van der Waals surface area contributed by atoms with Crippen molar-refractivity contribution in [2.75, 3.05) is 6.54 Å². The van der Waals surface area contributed by atoms with Crippen LogP contribution in [-0.4, -0.2) is 26.2 Å². The lowest BCUT2D eigenvalue weighted by atomic mass is 9.95. The smallest absolute Gasteiger partial charge is 0.331 e. The first-order valence-electron chi connectivity index (χ1n) is 10.0. The number of H-pyrrole nitrogens is 2. The van der Waals surface area contributed by atoms with Crippen molar-refractivity contribution in [3.05, 3.63) is 97.8 Å². The van der Waals surface area contributed by atoms with Gasteiger partial charge < -0.3 is 15.4 Å². The Morgan fingerprint density at radius 1 is 1.03 bits per heavy atom. The molecule has 0 radical (unpaired) electrons. The summed E-state index contributed by atoms with van der Waals surface area (Å²) < 4.78 is 1.24. The highest BCUT2D eigenvalue weighted by atomic mass is 16.3. The third-order valence-electron chi connectivity index (χ3n) is 5.97. The Labute approximate surface area is 172 Å². The van der Waals surface area contributed by atoms with E-state index >= 15 is 0 Å². The molecule has 2 aromatic heterocycles. The minimum absolute atomic E-state index is 0.143. The number of aromatic nitrogens is 3. The summed E-state index contributed by atoms with van der Waals surface area (Å²) in [7, 11) is 0. The lowest BCUT2D eigenvalue weighted by molar-refractivity contribution is 0.372. The normalized spacial score (nSPS) is 17.0. The Balaban J connectivity index is 1.70. The van der Waals surface area contributed by atoms with Crippen molar-refractivity contribution in [3.63, 3.8) is 0 Å². The molecule has 0 aliphatic carbocycles. The molecule has 7 nitrogen and oxygen atoms in total. The number of aromatic hydroxyl groups is 1. The van der Waals surface area contributed by atoms with Gasteiger partial charge in [0, 0.05) is 23.1 Å². The van der Waals surface area contributed by atoms with E-state index in [1.807, 2.05) is 55.5 Å². The lowest BCUT2D eigenvalue weighted by Crippen LogP contribution is -2.39. The van der Waals surface area contributed by atoms with E-state index in [1.54, 1.807) is 0 Å². The van der Waals surface area contributed by atoms with Gasteiger partial charge in [0.05, 0.1) is 12.1 Å². The summed E-state index contributed by atoms with van der Waals surface area (Å²) in [5.74, 6) is -0.316. The Hall–Kier alpha value is -3.58. The van der Waals surface area contributed by atoms with Crippen molar-refractivity contribution in [2.45, 2.75) is 25.4 Å². The second kappa shape index (κ2) is 7.03. The van der Waals surface area contributed by atoms with Crippen LogP contribution in [0, 0.1) is 0 Å². The minimum atomic E-state index is -0.634. The number of rotatable bonds is 3. The average molecular weight is 402 g/mol. The second-order valence-electron chi connectivity index (χ2n) is 7.65. The first kappa shape index (κ1) is 18.4. The van der Waals surface area contributed by atoms with E-state index in [2.05, 4.69) is 21.4 Å². The zero-order chi connectivity index (χ0) is 20.8. The van der Waals surface area contributed by atoms with Crippen LogP contribution in [-0.2, 0) is 6.42 Å². The summed E-state index contributed by atoms with van der Waals surface area (Å²) in [6.45, 7) is 2.48. The van der Waals surface area contributed by atoms with E-state index in [1.165, 1.54) is 4.57 Å². The van der Waals surface area contributed by atoms with Gasteiger partial charge in [-0.2, -0.15) is 0 Å². The maximum atomic E-state index is 12.8. The molecule has 2 atom stereocenters. The van der Waals surface area contributed by atoms with Gasteiger partial charge in [0.1, 0.15) is 5.56 Å². The summed E-state index contributed by atoms with van der Waals surface area (Å²) >= 11 is 0. The molecule has 1 aliphatic heterocycles. The highest BCUT2D eigenvalue weighted by molar-refractivity contribution is 5.85. The van der Waals surface area contributed by atoms with Crippen molar-refractivity contribution in [1.82, 2.24) is 19.9 Å². The van der Waals surface area contributed by atoms with E-state index in [0.29, 0.717) is 6.54 Å². The first-order valence-corrected chi connectivity index (χ1v) is 10.0. The zero-order valence-corrected chi connectivity index (χ0v) is 16.5. The molecule has 5 rings (SSSR count). The molecule has 7 heteroatoms. The number of nitrogens with zero attached hydrogens (tertiary/aromatic N) is 1. The molecule has 2 unspecified atom stereocenters. The molecule has 4 aromatic rings. The standard InChI is InChI=1S/C23H22N4O3/c1-13(14-7-3-2-4-8-14)27-22(29)18(21(28)26-23(27)30)20-19-16(11-12-24-20)15-9-5-6-10-17(15)25-19/h2-10,13,20,24-25,29H,11-12H2,1H3,(H,26,28,30). The van der Waals surface area contributed by atoms with Gasteiger partial charge in [-0.05, 0) is 30.5 Å². The molecule has 0 amide bonds. The molecular formula is C23H22N4O3. The highest BCUT2D eigenvalue weighted by Gasteiger charge is 2.31. The summed E-state index contributed by atoms with van der Waals surface area (Å²) in [6, 6.07) is 16.4. The van der Waals surface area contributed by atoms with E-state index in [9.17, 15) is 14.7 Å². The average Bonchev–Trinajstić information content (AvgIpc) is 3.13. The molecule has 0 fully saturated rings. The topological polar surface area (TPSA) is 103 Å². The predicted molar refractivity (Wildman–Crippen MR) is 115 cm³/mol. The molecule has 3 heterocycles. The van der Waals surface area contributed by atoms with Gasteiger partial charge in [0.25, 0.3) is 5.56 Å². The summed E-state index contributed by atoms with van der Waals surface area (Å²) in [4.78, 5) is 31.2. The molecule has 30 heavy (non-hydrogen) atoms. The fraction of sp³-hybridized carbons (Fsp3) is 0.217. The summed E-state index contributed by atoms with van der Waals surface area (Å²) in [6.07, 6.45) is 0.814. The monoisotopic (exact) mass is 402 g/mol. The SMILES string of the molecule is CC(c1ccccc1)n1c(O)c(C2NCCc3c2[nH]c2ccccc32)c(=O)[nH]c1=O. The minimum Gasteiger partial charge on any atom is -0.494 e. The number of aromatic amines is 2. The van der Waals surface area contributed by atoms with Crippen LogP contribution in [0.4, 0.5) is 0 Å². The third kappa shape index (κ3) is 2.78. The fourth-order valence-electron chi connectivity index (χ4n) is 4.48. The van der Waals surface area contributed by atoms with E-state index in [-0.39, 0.29) is 11.4 Å². The molecule has 4 N–H and O–H groups in total. The van der Waals surface area contributed by atoms with Gasteiger partial charge >= 0.3 is 5.69 Å². The van der Waals surface area contributed by atoms with Crippen molar-refractivity contribution in [3.8, 4) is 5.88 Å². The number of benzene rings is 2. The van der Waals surface area contributed by atoms with Crippen molar-refractivity contribution in [2.24, 2.45) is 0 Å². The van der Waals surface area contributed by atoms with Crippen LogP contribution in [0.1, 0.15) is 41.4 Å². The number of hydrogen-bond donors (Lipinski definition) is 4. The van der Waals surface area contributed by atoms with Gasteiger partial charge in [0.15, 0.2) is 0 Å².